The highest BCUT2D eigenvalue weighted by atomic mass is 32.2. The fourth-order valence-electron chi connectivity index (χ4n) is 2.30. The van der Waals surface area contributed by atoms with Gasteiger partial charge in [-0.25, -0.2) is 8.42 Å². The Morgan fingerprint density at radius 3 is 2.67 bits per heavy atom. The predicted octanol–water partition coefficient (Wildman–Crippen LogP) is 0.929. The lowest BCUT2D eigenvalue weighted by Crippen LogP contribution is -2.58. The molecule has 2 rings (SSSR count). The summed E-state index contributed by atoms with van der Waals surface area (Å²) >= 11 is 0. The maximum Gasteiger partial charge on any atom is 0.323 e. The standard InChI is InChI=1S/C14H16N2O4S/c15-10-11-3-1-4-12(9-11)21(19,20)8-7-16-14(13(17)18)5-2-6-14/h1,3-4,9,16H,2,5-8H2,(H,17,18). The molecule has 0 aliphatic heterocycles. The fourth-order valence-corrected chi connectivity index (χ4v) is 3.50. The first kappa shape index (κ1) is 15.5. The summed E-state index contributed by atoms with van der Waals surface area (Å²) in [4.78, 5) is 11.2. The van der Waals surface area contributed by atoms with Crippen LogP contribution in [0, 0.1) is 11.3 Å². The summed E-state index contributed by atoms with van der Waals surface area (Å²) in [6, 6.07) is 7.71. The van der Waals surface area contributed by atoms with E-state index in [4.69, 9.17) is 10.4 Å². The van der Waals surface area contributed by atoms with Gasteiger partial charge in [-0.3, -0.25) is 4.79 Å². The van der Waals surface area contributed by atoms with E-state index in [-0.39, 0.29) is 22.8 Å². The number of carboxylic acid groups (broad SMARTS) is 1. The highest BCUT2D eigenvalue weighted by Gasteiger charge is 2.43. The van der Waals surface area contributed by atoms with E-state index in [1.807, 2.05) is 6.07 Å². The average molecular weight is 308 g/mol. The smallest absolute Gasteiger partial charge is 0.323 e. The molecule has 6 nitrogen and oxygen atoms in total. The maximum atomic E-state index is 12.2. The Morgan fingerprint density at radius 2 is 2.14 bits per heavy atom. The van der Waals surface area contributed by atoms with Crippen molar-refractivity contribution < 1.29 is 18.3 Å². The van der Waals surface area contributed by atoms with Crippen LogP contribution in [0.2, 0.25) is 0 Å². The molecule has 0 radical (unpaired) electrons. The molecule has 1 aliphatic carbocycles. The van der Waals surface area contributed by atoms with Gasteiger partial charge in [-0.05, 0) is 37.5 Å². The van der Waals surface area contributed by atoms with E-state index in [2.05, 4.69) is 5.32 Å². The number of hydrogen-bond donors (Lipinski definition) is 2. The average Bonchev–Trinajstić information content (AvgIpc) is 2.41. The topological polar surface area (TPSA) is 107 Å². The molecule has 1 aromatic rings. The Morgan fingerprint density at radius 1 is 1.43 bits per heavy atom. The quantitative estimate of drug-likeness (QED) is 0.809. The molecule has 0 spiro atoms. The lowest BCUT2D eigenvalue weighted by atomic mass is 9.77. The summed E-state index contributed by atoms with van der Waals surface area (Å²) in [5.74, 6) is -1.13. The van der Waals surface area contributed by atoms with E-state index in [0.717, 1.165) is 6.42 Å². The molecular formula is C14H16N2O4S. The third kappa shape index (κ3) is 3.23. The number of carboxylic acids is 1. The van der Waals surface area contributed by atoms with Crippen LogP contribution in [0.5, 0.6) is 0 Å². The highest BCUT2D eigenvalue weighted by molar-refractivity contribution is 7.91. The zero-order valence-electron chi connectivity index (χ0n) is 11.4. The SMILES string of the molecule is N#Cc1cccc(S(=O)(=O)CCNC2(C(=O)O)CCC2)c1. The Balaban J connectivity index is 2.02. The monoisotopic (exact) mass is 308 g/mol. The molecule has 2 N–H and O–H groups in total. The first-order chi connectivity index (χ1) is 9.89. The van der Waals surface area contributed by atoms with E-state index in [9.17, 15) is 13.2 Å². The molecule has 0 amide bonds. The van der Waals surface area contributed by atoms with Crippen LogP contribution in [-0.4, -0.2) is 37.3 Å². The summed E-state index contributed by atoms with van der Waals surface area (Å²) in [6.45, 7) is 0.0748. The van der Waals surface area contributed by atoms with Crippen LogP contribution in [0.4, 0.5) is 0 Å². The normalized spacial score (nSPS) is 16.7. The number of sulfone groups is 1. The maximum absolute atomic E-state index is 12.2. The van der Waals surface area contributed by atoms with E-state index in [1.54, 1.807) is 0 Å². The Bertz CT molecular complexity index is 687. The van der Waals surface area contributed by atoms with Gasteiger partial charge in [0.25, 0.3) is 0 Å². The van der Waals surface area contributed by atoms with E-state index in [0.29, 0.717) is 12.8 Å². The van der Waals surface area contributed by atoms with Crippen molar-refractivity contribution in [2.75, 3.05) is 12.3 Å². The molecule has 1 fully saturated rings. The summed E-state index contributed by atoms with van der Waals surface area (Å²) < 4.78 is 24.3. The molecule has 0 atom stereocenters. The molecule has 0 bridgehead atoms. The number of nitriles is 1. The first-order valence-corrected chi connectivity index (χ1v) is 8.26. The van der Waals surface area contributed by atoms with Gasteiger partial charge in [0, 0.05) is 6.54 Å². The number of hydrogen-bond acceptors (Lipinski definition) is 5. The van der Waals surface area contributed by atoms with E-state index in [1.165, 1.54) is 24.3 Å². The summed E-state index contributed by atoms with van der Waals surface area (Å²) in [5, 5.41) is 20.8. The van der Waals surface area contributed by atoms with Crippen LogP contribution in [0.15, 0.2) is 29.2 Å². The molecule has 0 unspecified atom stereocenters. The van der Waals surface area contributed by atoms with Gasteiger partial charge in [-0.15, -0.1) is 0 Å². The molecule has 21 heavy (non-hydrogen) atoms. The van der Waals surface area contributed by atoms with Gasteiger partial charge in [0.2, 0.25) is 0 Å². The van der Waals surface area contributed by atoms with Crippen molar-refractivity contribution in [3.05, 3.63) is 29.8 Å². The summed E-state index contributed by atoms with van der Waals surface area (Å²) in [7, 11) is -3.53. The largest absolute Gasteiger partial charge is 0.480 e. The second-order valence-corrected chi connectivity index (χ2v) is 7.24. The number of nitrogens with one attached hydrogen (secondary N) is 1. The minimum absolute atomic E-state index is 0.0748. The van der Waals surface area contributed by atoms with Crippen molar-refractivity contribution in [3.8, 4) is 6.07 Å². The number of aliphatic carboxylic acids is 1. The Labute approximate surface area is 123 Å². The van der Waals surface area contributed by atoms with Gasteiger partial charge < -0.3 is 10.4 Å². The number of carbonyl (C=O) groups is 1. The lowest BCUT2D eigenvalue weighted by Gasteiger charge is -2.38. The van der Waals surface area contributed by atoms with Gasteiger partial charge in [0.15, 0.2) is 9.84 Å². The van der Waals surface area contributed by atoms with Crippen LogP contribution in [0.25, 0.3) is 0 Å². The van der Waals surface area contributed by atoms with Crippen molar-refractivity contribution in [1.29, 1.82) is 5.26 Å². The van der Waals surface area contributed by atoms with Crippen LogP contribution < -0.4 is 5.32 Å². The molecular weight excluding hydrogens is 292 g/mol. The molecule has 1 aromatic carbocycles. The summed E-state index contributed by atoms with van der Waals surface area (Å²) in [6.07, 6.45) is 1.87. The van der Waals surface area contributed by atoms with Crippen molar-refractivity contribution >= 4 is 15.8 Å². The second-order valence-electron chi connectivity index (χ2n) is 5.13. The van der Waals surface area contributed by atoms with Gasteiger partial charge in [0.05, 0.1) is 22.3 Å². The van der Waals surface area contributed by atoms with Crippen LogP contribution in [0.3, 0.4) is 0 Å². The zero-order chi connectivity index (χ0) is 15.5. The minimum atomic E-state index is -3.53. The summed E-state index contributed by atoms with van der Waals surface area (Å²) in [5.41, 5.74) is -0.686. The third-order valence-electron chi connectivity index (χ3n) is 3.77. The first-order valence-electron chi connectivity index (χ1n) is 6.61. The zero-order valence-corrected chi connectivity index (χ0v) is 12.2. The molecule has 7 heteroatoms. The number of nitrogens with zero attached hydrogens (tertiary/aromatic N) is 1. The highest BCUT2D eigenvalue weighted by Crippen LogP contribution is 2.31. The number of rotatable bonds is 6. The molecule has 112 valence electrons. The van der Waals surface area contributed by atoms with Gasteiger partial charge in [-0.2, -0.15) is 5.26 Å². The van der Waals surface area contributed by atoms with E-state index < -0.39 is 21.3 Å². The second kappa shape index (κ2) is 5.84. The molecule has 1 saturated carbocycles. The molecule has 0 aromatic heterocycles. The van der Waals surface area contributed by atoms with Crippen molar-refractivity contribution in [3.63, 3.8) is 0 Å². The predicted molar refractivity (Wildman–Crippen MR) is 75.4 cm³/mol. The van der Waals surface area contributed by atoms with Crippen LogP contribution in [-0.2, 0) is 14.6 Å². The third-order valence-corrected chi connectivity index (χ3v) is 5.49. The van der Waals surface area contributed by atoms with Gasteiger partial charge >= 0.3 is 5.97 Å². The van der Waals surface area contributed by atoms with Crippen molar-refractivity contribution in [2.24, 2.45) is 0 Å². The van der Waals surface area contributed by atoms with Gasteiger partial charge in [-0.1, -0.05) is 6.07 Å². The van der Waals surface area contributed by atoms with Crippen molar-refractivity contribution in [2.45, 2.75) is 29.7 Å². The minimum Gasteiger partial charge on any atom is -0.480 e. The van der Waals surface area contributed by atoms with E-state index >= 15 is 0 Å². The Hall–Kier alpha value is -1.91. The van der Waals surface area contributed by atoms with Crippen LogP contribution in [0.1, 0.15) is 24.8 Å². The molecule has 1 aliphatic rings. The molecule has 0 saturated heterocycles. The Kier molecular flexibility index (Phi) is 4.30. The van der Waals surface area contributed by atoms with Crippen molar-refractivity contribution in [1.82, 2.24) is 5.32 Å². The molecule has 0 heterocycles. The number of benzene rings is 1. The van der Waals surface area contributed by atoms with Gasteiger partial charge in [0.1, 0.15) is 5.54 Å². The lowest BCUT2D eigenvalue weighted by molar-refractivity contribution is -0.148. The van der Waals surface area contributed by atoms with Crippen LogP contribution >= 0.6 is 0 Å². The fraction of sp³-hybridized carbons (Fsp3) is 0.429.